The minimum atomic E-state index is -0.396. The van der Waals surface area contributed by atoms with E-state index < -0.39 is 5.82 Å². The van der Waals surface area contributed by atoms with Gasteiger partial charge in [-0.05, 0) is 51.2 Å². The molecule has 1 fully saturated rings. The second-order valence-electron chi connectivity index (χ2n) is 9.31. The van der Waals surface area contributed by atoms with Crippen LogP contribution in [0.15, 0.2) is 36.9 Å². The number of nitrogens with zero attached hydrogens (tertiary/aromatic N) is 6. The Hall–Kier alpha value is -4.02. The summed E-state index contributed by atoms with van der Waals surface area (Å²) in [5, 5.41) is 16.2. The number of ether oxygens (including phenoxy) is 1. The summed E-state index contributed by atoms with van der Waals surface area (Å²) in [6.45, 7) is 4.64. The number of hydrogen-bond acceptors (Lipinski definition) is 7. The molecule has 1 aliphatic carbocycles. The molecule has 5 rings (SSSR count). The molecule has 0 radical (unpaired) electrons. The van der Waals surface area contributed by atoms with Gasteiger partial charge in [-0.25, -0.2) is 14.4 Å². The van der Waals surface area contributed by atoms with Gasteiger partial charge in [0.15, 0.2) is 5.82 Å². The highest BCUT2D eigenvalue weighted by Gasteiger charge is 2.28. The van der Waals surface area contributed by atoms with Crippen molar-refractivity contribution in [3.8, 4) is 17.1 Å². The highest BCUT2D eigenvalue weighted by molar-refractivity contribution is 5.93. The molecular weight excluding hydrogens is 475 g/mol. The predicted octanol–water partition coefficient (Wildman–Crippen LogP) is 3.88. The number of carbonyl (C=O) groups is 1. The van der Waals surface area contributed by atoms with Gasteiger partial charge in [-0.3, -0.25) is 14.2 Å². The SMILES string of the molecule is CCNc1cc2c(cn1)c(-c1cnn(CC(=O)NC)c1)nn2C1CCC(Oc2nccc(C)c2F)CC1. The zero-order valence-corrected chi connectivity index (χ0v) is 21.2. The number of nitrogens with one attached hydrogen (secondary N) is 2. The zero-order valence-electron chi connectivity index (χ0n) is 21.2. The highest BCUT2D eigenvalue weighted by atomic mass is 19.1. The second kappa shape index (κ2) is 10.5. The maximum absolute atomic E-state index is 14.4. The van der Waals surface area contributed by atoms with Gasteiger partial charge in [0.25, 0.3) is 5.88 Å². The lowest BCUT2D eigenvalue weighted by molar-refractivity contribution is -0.121. The Morgan fingerprint density at radius 3 is 2.78 bits per heavy atom. The molecule has 37 heavy (non-hydrogen) atoms. The first-order valence-corrected chi connectivity index (χ1v) is 12.6. The Bertz CT molecular complexity index is 1410. The van der Waals surface area contributed by atoms with Crippen molar-refractivity contribution in [3.63, 3.8) is 0 Å². The molecule has 4 aromatic rings. The van der Waals surface area contributed by atoms with Gasteiger partial charge in [-0.15, -0.1) is 0 Å². The number of halogens is 1. The van der Waals surface area contributed by atoms with Crippen LogP contribution >= 0.6 is 0 Å². The number of aromatic nitrogens is 6. The normalized spacial score (nSPS) is 17.6. The molecule has 0 saturated heterocycles. The lowest BCUT2D eigenvalue weighted by Gasteiger charge is -2.29. The Labute approximate surface area is 214 Å². The van der Waals surface area contributed by atoms with Crippen molar-refractivity contribution in [2.75, 3.05) is 18.9 Å². The van der Waals surface area contributed by atoms with E-state index in [1.807, 2.05) is 25.4 Å². The van der Waals surface area contributed by atoms with Crippen LogP contribution in [0.2, 0.25) is 0 Å². The van der Waals surface area contributed by atoms with Crippen molar-refractivity contribution in [3.05, 3.63) is 48.3 Å². The van der Waals surface area contributed by atoms with Crippen LogP contribution in [-0.4, -0.2) is 55.1 Å². The van der Waals surface area contributed by atoms with E-state index in [9.17, 15) is 9.18 Å². The van der Waals surface area contributed by atoms with Crippen LogP contribution < -0.4 is 15.4 Å². The number of amides is 1. The standard InChI is InChI=1S/C26H31FN8O2/c1-4-29-22-11-21-20(13-31-22)25(17-12-32-34(14-17)15-23(36)28-3)33-35(21)18-5-7-19(8-6-18)37-26-24(27)16(2)9-10-30-26/h9-14,18-19H,4-8,15H2,1-3H3,(H,28,36)(H,29,31). The average molecular weight is 507 g/mol. The van der Waals surface area contributed by atoms with Crippen LogP contribution in [0.3, 0.4) is 0 Å². The summed E-state index contributed by atoms with van der Waals surface area (Å²) in [6.07, 6.45) is 10.1. The highest BCUT2D eigenvalue weighted by Crippen LogP contribution is 2.36. The Morgan fingerprint density at radius 2 is 2.03 bits per heavy atom. The van der Waals surface area contributed by atoms with Crippen molar-refractivity contribution < 1.29 is 13.9 Å². The smallest absolute Gasteiger partial charge is 0.250 e. The summed E-state index contributed by atoms with van der Waals surface area (Å²) in [7, 11) is 1.60. The summed E-state index contributed by atoms with van der Waals surface area (Å²) in [5.41, 5.74) is 3.11. The Kier molecular flexibility index (Phi) is 7.02. The number of rotatable bonds is 8. The van der Waals surface area contributed by atoms with E-state index in [-0.39, 0.29) is 30.5 Å². The van der Waals surface area contributed by atoms with Crippen molar-refractivity contribution >= 4 is 22.6 Å². The van der Waals surface area contributed by atoms with E-state index in [0.717, 1.165) is 60.2 Å². The van der Waals surface area contributed by atoms with Crippen LogP contribution in [0.1, 0.15) is 44.2 Å². The van der Waals surface area contributed by atoms with E-state index in [1.165, 1.54) is 0 Å². The van der Waals surface area contributed by atoms with Gasteiger partial charge in [-0.1, -0.05) is 0 Å². The molecule has 4 heterocycles. The molecule has 1 saturated carbocycles. The number of anilines is 1. The topological polar surface area (TPSA) is 112 Å². The van der Waals surface area contributed by atoms with Crippen LogP contribution in [0, 0.1) is 12.7 Å². The number of pyridine rings is 2. The van der Waals surface area contributed by atoms with Gasteiger partial charge < -0.3 is 15.4 Å². The number of carbonyl (C=O) groups excluding carboxylic acids is 1. The van der Waals surface area contributed by atoms with E-state index in [0.29, 0.717) is 5.56 Å². The molecule has 4 aromatic heterocycles. The van der Waals surface area contributed by atoms with E-state index in [4.69, 9.17) is 9.84 Å². The van der Waals surface area contributed by atoms with Crippen LogP contribution in [0.4, 0.5) is 10.2 Å². The molecule has 0 bridgehead atoms. The predicted molar refractivity (Wildman–Crippen MR) is 138 cm³/mol. The van der Waals surface area contributed by atoms with Crippen LogP contribution in [-0.2, 0) is 11.3 Å². The third-order valence-corrected chi connectivity index (χ3v) is 6.76. The second-order valence-corrected chi connectivity index (χ2v) is 9.31. The third-order valence-electron chi connectivity index (χ3n) is 6.76. The van der Waals surface area contributed by atoms with Gasteiger partial charge in [0.1, 0.15) is 24.2 Å². The summed E-state index contributed by atoms with van der Waals surface area (Å²) >= 11 is 0. The van der Waals surface area contributed by atoms with Crippen LogP contribution in [0.25, 0.3) is 22.2 Å². The van der Waals surface area contributed by atoms with Gasteiger partial charge in [-0.2, -0.15) is 10.2 Å². The quantitative estimate of drug-likeness (QED) is 0.373. The van der Waals surface area contributed by atoms with Gasteiger partial charge in [0.05, 0.1) is 17.8 Å². The maximum atomic E-state index is 14.4. The fourth-order valence-electron chi connectivity index (χ4n) is 4.76. The molecule has 1 amide bonds. The maximum Gasteiger partial charge on any atom is 0.250 e. The van der Waals surface area contributed by atoms with Crippen molar-refractivity contribution in [2.24, 2.45) is 0 Å². The monoisotopic (exact) mass is 506 g/mol. The molecule has 10 nitrogen and oxygen atoms in total. The first kappa shape index (κ1) is 24.7. The minimum absolute atomic E-state index is 0.0744. The molecule has 1 aliphatic rings. The fourth-order valence-corrected chi connectivity index (χ4v) is 4.76. The van der Waals surface area contributed by atoms with Gasteiger partial charge in [0.2, 0.25) is 5.91 Å². The zero-order chi connectivity index (χ0) is 25.9. The number of fused-ring (bicyclic) bond motifs is 1. The molecule has 0 unspecified atom stereocenters. The average Bonchev–Trinajstić information content (AvgIpc) is 3.52. The molecule has 0 aliphatic heterocycles. The first-order chi connectivity index (χ1) is 18.0. The molecule has 0 spiro atoms. The first-order valence-electron chi connectivity index (χ1n) is 12.6. The van der Waals surface area contributed by atoms with E-state index in [1.54, 1.807) is 37.1 Å². The van der Waals surface area contributed by atoms with E-state index >= 15 is 0 Å². The molecule has 11 heteroatoms. The van der Waals surface area contributed by atoms with Gasteiger partial charge in [0, 0.05) is 49.2 Å². The largest absolute Gasteiger partial charge is 0.472 e. The Morgan fingerprint density at radius 1 is 1.22 bits per heavy atom. The number of aryl methyl sites for hydroxylation is 1. The Balaban J connectivity index is 1.40. The number of likely N-dealkylation sites (N-methyl/N-ethyl adjacent to an activating group) is 1. The molecule has 2 N–H and O–H groups in total. The third kappa shape index (κ3) is 5.11. The van der Waals surface area contributed by atoms with Gasteiger partial charge >= 0.3 is 0 Å². The van der Waals surface area contributed by atoms with Crippen molar-refractivity contribution in [1.82, 2.24) is 34.8 Å². The summed E-state index contributed by atoms with van der Waals surface area (Å²) < 4.78 is 24.0. The lowest BCUT2D eigenvalue weighted by Crippen LogP contribution is -2.27. The minimum Gasteiger partial charge on any atom is -0.472 e. The van der Waals surface area contributed by atoms with Crippen molar-refractivity contribution in [1.29, 1.82) is 0 Å². The summed E-state index contributed by atoms with van der Waals surface area (Å²) in [5.74, 6) is 0.343. The molecule has 0 atom stereocenters. The fraction of sp³-hybridized carbons (Fsp3) is 0.423. The van der Waals surface area contributed by atoms with E-state index in [2.05, 4.69) is 30.4 Å². The molecular formula is C26H31FN8O2. The van der Waals surface area contributed by atoms with Crippen molar-refractivity contribution in [2.45, 2.75) is 58.2 Å². The molecule has 194 valence electrons. The lowest BCUT2D eigenvalue weighted by atomic mass is 9.93. The summed E-state index contributed by atoms with van der Waals surface area (Å²) in [4.78, 5) is 20.4. The summed E-state index contributed by atoms with van der Waals surface area (Å²) in [6, 6.07) is 3.82. The number of hydrogen-bond donors (Lipinski definition) is 2. The van der Waals surface area contributed by atoms with Crippen LogP contribution in [0.5, 0.6) is 5.88 Å². The molecule has 0 aromatic carbocycles.